The summed E-state index contributed by atoms with van der Waals surface area (Å²) in [6.07, 6.45) is 2.48. The molecule has 27 heavy (non-hydrogen) atoms. The smallest absolute Gasteiger partial charge is 0.415 e. The molecule has 0 radical (unpaired) electrons. The van der Waals surface area contributed by atoms with Crippen molar-refractivity contribution in [3.05, 3.63) is 18.0 Å². The lowest BCUT2D eigenvalue weighted by molar-refractivity contribution is 0.0775. The van der Waals surface area contributed by atoms with Gasteiger partial charge in [-0.2, -0.15) is 4.98 Å². The third-order valence-electron chi connectivity index (χ3n) is 5.54. The van der Waals surface area contributed by atoms with Gasteiger partial charge in [0.1, 0.15) is 5.82 Å². The Hall–Kier alpha value is -2.61. The fourth-order valence-corrected chi connectivity index (χ4v) is 3.84. The Morgan fingerprint density at radius 1 is 1.22 bits per heavy atom. The van der Waals surface area contributed by atoms with Crippen molar-refractivity contribution in [2.24, 2.45) is 5.41 Å². The van der Waals surface area contributed by atoms with E-state index in [1.807, 2.05) is 0 Å². The van der Waals surface area contributed by atoms with Crippen LogP contribution in [0.2, 0.25) is 0 Å². The molecule has 2 aliphatic rings. The summed E-state index contributed by atoms with van der Waals surface area (Å²) in [4.78, 5) is 22.6. The van der Waals surface area contributed by atoms with Gasteiger partial charge < -0.3 is 24.2 Å². The fraction of sp³-hybridized carbons (Fsp3) is 0.526. The molecule has 8 heteroatoms. The molecular formula is C19H23N3O5. The first kappa shape index (κ1) is 17.8. The minimum atomic E-state index is -0.422. The molecule has 0 aliphatic carbocycles. The fourth-order valence-electron chi connectivity index (χ4n) is 3.84. The zero-order chi connectivity index (χ0) is 19.0. The van der Waals surface area contributed by atoms with E-state index in [9.17, 15) is 9.90 Å². The summed E-state index contributed by atoms with van der Waals surface area (Å²) in [6, 6.07) is 3.17. The van der Waals surface area contributed by atoms with Gasteiger partial charge in [0.2, 0.25) is 5.88 Å². The third kappa shape index (κ3) is 3.37. The number of aromatic hydroxyl groups is 1. The van der Waals surface area contributed by atoms with Crippen LogP contribution >= 0.6 is 0 Å². The summed E-state index contributed by atoms with van der Waals surface area (Å²) in [5, 5.41) is 10.5. The molecule has 1 aromatic heterocycles. The highest BCUT2D eigenvalue weighted by atomic mass is 16.6. The zero-order valence-electron chi connectivity index (χ0n) is 15.5. The van der Waals surface area contributed by atoms with E-state index in [-0.39, 0.29) is 17.0 Å². The summed E-state index contributed by atoms with van der Waals surface area (Å²) < 4.78 is 16.5. The lowest BCUT2D eigenvalue weighted by atomic mass is 9.78. The van der Waals surface area contributed by atoms with Crippen molar-refractivity contribution in [3.8, 4) is 17.4 Å². The number of rotatable bonds is 2. The number of aromatic nitrogens is 2. The monoisotopic (exact) mass is 373 g/mol. The van der Waals surface area contributed by atoms with Crippen molar-refractivity contribution < 1.29 is 24.1 Å². The van der Waals surface area contributed by atoms with Crippen molar-refractivity contribution >= 4 is 17.0 Å². The number of aryl methyl sites for hydroxylation is 1. The predicted molar refractivity (Wildman–Crippen MR) is 97.2 cm³/mol. The lowest BCUT2D eigenvalue weighted by Gasteiger charge is -2.37. The molecule has 2 saturated heterocycles. The van der Waals surface area contributed by atoms with Crippen molar-refractivity contribution in [3.63, 3.8) is 0 Å². The highest BCUT2D eigenvalue weighted by molar-refractivity contribution is 5.87. The molecule has 0 bridgehead atoms. The minimum Gasteiger partial charge on any atom is -0.493 e. The van der Waals surface area contributed by atoms with Gasteiger partial charge in [0, 0.05) is 25.8 Å². The number of methoxy groups -OCH3 is 1. The molecule has 1 aromatic carbocycles. The molecule has 144 valence electrons. The quantitative estimate of drug-likeness (QED) is 0.865. The maximum Gasteiger partial charge on any atom is 0.415 e. The molecule has 1 spiro atoms. The van der Waals surface area contributed by atoms with Gasteiger partial charge in [0.15, 0.2) is 11.5 Å². The summed E-state index contributed by atoms with van der Waals surface area (Å²) in [6.45, 7) is 4.58. The first-order valence-electron chi connectivity index (χ1n) is 9.10. The summed E-state index contributed by atoms with van der Waals surface area (Å²) >= 11 is 0. The standard InChI is InChI=1S/C19H23N3O5/c1-12-20-14-10-15(25-2)16(9-13(14)17(23)21-12)27-18(24)22-6-3-19(4-7-22)5-8-26-11-19/h9-10H,3-8,11H2,1-2H3,(H,20,21,23). The third-order valence-corrected chi connectivity index (χ3v) is 5.54. The van der Waals surface area contributed by atoms with Crippen LogP contribution in [0.1, 0.15) is 25.1 Å². The van der Waals surface area contributed by atoms with E-state index in [1.165, 1.54) is 13.2 Å². The summed E-state index contributed by atoms with van der Waals surface area (Å²) in [7, 11) is 1.50. The molecule has 2 aromatic rings. The summed E-state index contributed by atoms with van der Waals surface area (Å²) in [5.74, 6) is 0.914. The number of fused-ring (bicyclic) bond motifs is 1. The van der Waals surface area contributed by atoms with Crippen LogP contribution in [-0.4, -0.2) is 59.5 Å². The average Bonchev–Trinajstić information content (AvgIpc) is 3.10. The number of likely N-dealkylation sites (tertiary alicyclic amines) is 1. The number of hydrogen-bond acceptors (Lipinski definition) is 7. The van der Waals surface area contributed by atoms with Crippen LogP contribution in [0.5, 0.6) is 17.4 Å². The highest BCUT2D eigenvalue weighted by Crippen LogP contribution is 2.40. The van der Waals surface area contributed by atoms with Gasteiger partial charge in [0.25, 0.3) is 0 Å². The second-order valence-corrected chi connectivity index (χ2v) is 7.27. The topological polar surface area (TPSA) is 94.0 Å². The van der Waals surface area contributed by atoms with E-state index in [0.29, 0.717) is 35.6 Å². The number of benzene rings is 1. The number of ether oxygens (including phenoxy) is 3. The minimum absolute atomic E-state index is 0.154. The Morgan fingerprint density at radius 3 is 2.67 bits per heavy atom. The average molecular weight is 373 g/mol. The van der Waals surface area contributed by atoms with E-state index < -0.39 is 6.09 Å². The van der Waals surface area contributed by atoms with E-state index >= 15 is 0 Å². The number of hydrogen-bond donors (Lipinski definition) is 1. The van der Waals surface area contributed by atoms with Crippen LogP contribution < -0.4 is 9.47 Å². The van der Waals surface area contributed by atoms with E-state index in [1.54, 1.807) is 17.9 Å². The van der Waals surface area contributed by atoms with Gasteiger partial charge in [-0.3, -0.25) is 0 Å². The van der Waals surface area contributed by atoms with Gasteiger partial charge in [-0.25, -0.2) is 9.78 Å². The SMILES string of the molecule is COc1cc2nc(C)nc(O)c2cc1OC(=O)N1CCC2(CCOC2)CC1. The second kappa shape index (κ2) is 6.84. The normalized spacial score (nSPS) is 18.8. The Balaban J connectivity index is 1.53. The second-order valence-electron chi connectivity index (χ2n) is 7.27. The molecule has 8 nitrogen and oxygen atoms in total. The highest BCUT2D eigenvalue weighted by Gasteiger charge is 2.39. The Labute approximate surface area is 157 Å². The molecule has 2 fully saturated rings. The molecule has 1 N–H and O–H groups in total. The van der Waals surface area contributed by atoms with Crippen molar-refractivity contribution in [2.75, 3.05) is 33.4 Å². The molecule has 0 atom stereocenters. The van der Waals surface area contributed by atoms with Crippen LogP contribution in [0.25, 0.3) is 10.9 Å². The van der Waals surface area contributed by atoms with Crippen LogP contribution in [0.3, 0.4) is 0 Å². The summed E-state index contributed by atoms with van der Waals surface area (Å²) in [5.41, 5.74) is 0.746. The predicted octanol–water partition coefficient (Wildman–Crippen LogP) is 2.65. The van der Waals surface area contributed by atoms with E-state index in [2.05, 4.69) is 9.97 Å². The Kier molecular flexibility index (Phi) is 4.51. The van der Waals surface area contributed by atoms with Gasteiger partial charge >= 0.3 is 6.09 Å². The molecule has 1 amide bonds. The lowest BCUT2D eigenvalue weighted by Crippen LogP contribution is -2.44. The largest absolute Gasteiger partial charge is 0.493 e. The molecule has 0 unspecified atom stereocenters. The van der Waals surface area contributed by atoms with Crippen LogP contribution in [0.15, 0.2) is 12.1 Å². The van der Waals surface area contributed by atoms with E-state index in [4.69, 9.17) is 14.2 Å². The number of amides is 1. The molecular weight excluding hydrogens is 350 g/mol. The first-order chi connectivity index (χ1) is 13.0. The van der Waals surface area contributed by atoms with Gasteiger partial charge in [-0.1, -0.05) is 0 Å². The maximum absolute atomic E-state index is 12.6. The number of carbonyl (C=O) groups excluding carboxylic acids is 1. The van der Waals surface area contributed by atoms with Gasteiger partial charge in [-0.15, -0.1) is 0 Å². The molecule has 3 heterocycles. The van der Waals surface area contributed by atoms with E-state index in [0.717, 1.165) is 32.5 Å². The van der Waals surface area contributed by atoms with Crippen LogP contribution in [0, 0.1) is 12.3 Å². The zero-order valence-corrected chi connectivity index (χ0v) is 15.5. The number of piperidine rings is 1. The maximum atomic E-state index is 12.6. The number of nitrogens with zero attached hydrogens (tertiary/aromatic N) is 3. The van der Waals surface area contributed by atoms with Crippen molar-refractivity contribution in [2.45, 2.75) is 26.2 Å². The Morgan fingerprint density at radius 2 is 2.00 bits per heavy atom. The molecule has 2 aliphatic heterocycles. The Bertz CT molecular complexity index is 869. The number of carbonyl (C=O) groups is 1. The van der Waals surface area contributed by atoms with Crippen molar-refractivity contribution in [1.29, 1.82) is 0 Å². The first-order valence-corrected chi connectivity index (χ1v) is 9.10. The van der Waals surface area contributed by atoms with Gasteiger partial charge in [0.05, 0.1) is 24.6 Å². The van der Waals surface area contributed by atoms with Gasteiger partial charge in [-0.05, 0) is 37.7 Å². The van der Waals surface area contributed by atoms with Crippen LogP contribution in [0.4, 0.5) is 4.79 Å². The molecule has 0 saturated carbocycles. The van der Waals surface area contributed by atoms with Crippen molar-refractivity contribution in [1.82, 2.24) is 14.9 Å². The molecule has 4 rings (SSSR count). The van der Waals surface area contributed by atoms with Crippen LogP contribution in [-0.2, 0) is 4.74 Å².